The second kappa shape index (κ2) is 4.84. The zero-order valence-electron chi connectivity index (χ0n) is 12.1. The first-order valence-electron chi connectivity index (χ1n) is 7.68. The van der Waals surface area contributed by atoms with Gasteiger partial charge in [-0.3, -0.25) is 4.98 Å². The van der Waals surface area contributed by atoms with E-state index in [2.05, 4.69) is 14.5 Å². The highest BCUT2D eigenvalue weighted by Gasteiger charge is 2.25. The Kier molecular flexibility index (Phi) is 2.96. The van der Waals surface area contributed by atoms with Crippen molar-refractivity contribution in [2.24, 2.45) is 0 Å². The summed E-state index contributed by atoms with van der Waals surface area (Å²) >= 11 is 0. The van der Waals surface area contributed by atoms with Crippen molar-refractivity contribution in [3.63, 3.8) is 0 Å². The van der Waals surface area contributed by atoms with Crippen LogP contribution in [0.3, 0.4) is 0 Å². The van der Waals surface area contributed by atoms with Gasteiger partial charge in [-0.1, -0.05) is 19.3 Å². The number of aliphatic hydroxyl groups is 1. The molecule has 1 N–H and O–H groups in total. The quantitative estimate of drug-likeness (QED) is 0.779. The van der Waals surface area contributed by atoms with Gasteiger partial charge in [-0.2, -0.15) is 0 Å². The Bertz CT molecular complexity index is 781. The van der Waals surface area contributed by atoms with Crippen molar-refractivity contribution in [3.8, 4) is 0 Å². The summed E-state index contributed by atoms with van der Waals surface area (Å²) in [7, 11) is 0. The monoisotopic (exact) mass is 285 g/mol. The zero-order valence-corrected chi connectivity index (χ0v) is 12.1. The van der Waals surface area contributed by atoms with Gasteiger partial charge in [-0.15, -0.1) is 0 Å². The van der Waals surface area contributed by atoms with Gasteiger partial charge in [0.05, 0.1) is 12.5 Å². The summed E-state index contributed by atoms with van der Waals surface area (Å²) in [5.41, 5.74) is 3.40. The zero-order chi connectivity index (χ0) is 14.4. The lowest BCUT2D eigenvalue weighted by molar-refractivity contribution is 0.178. The first-order chi connectivity index (χ1) is 10.3. The maximum atomic E-state index is 10.1. The largest absolute Gasteiger partial charge is 0.460 e. The van der Waals surface area contributed by atoms with Gasteiger partial charge in [0.25, 0.3) is 0 Å². The molecule has 0 amide bonds. The van der Waals surface area contributed by atoms with Crippen molar-refractivity contribution >= 4 is 22.1 Å². The lowest BCUT2D eigenvalue weighted by atomic mass is 9.95. The van der Waals surface area contributed by atoms with E-state index in [1.165, 1.54) is 19.3 Å². The summed E-state index contributed by atoms with van der Waals surface area (Å²) in [6, 6.07) is 2.26. The molecule has 0 saturated heterocycles. The Hall–Kier alpha value is -1.88. The molecule has 5 nitrogen and oxygen atoms in total. The van der Waals surface area contributed by atoms with Crippen molar-refractivity contribution in [2.75, 3.05) is 0 Å². The summed E-state index contributed by atoms with van der Waals surface area (Å²) in [6.07, 6.45) is 8.88. The van der Waals surface area contributed by atoms with Crippen LogP contribution >= 0.6 is 0 Å². The molecule has 1 aliphatic rings. The van der Waals surface area contributed by atoms with Gasteiger partial charge in [0.1, 0.15) is 28.5 Å². The molecule has 0 aliphatic heterocycles. The second-order valence-electron chi connectivity index (χ2n) is 5.93. The van der Waals surface area contributed by atoms with Gasteiger partial charge in [0, 0.05) is 12.1 Å². The molecule has 1 aliphatic carbocycles. The summed E-state index contributed by atoms with van der Waals surface area (Å²) in [6.45, 7) is 1.77. The fourth-order valence-corrected chi connectivity index (χ4v) is 3.50. The molecule has 5 heteroatoms. The van der Waals surface area contributed by atoms with E-state index in [1.807, 2.05) is 6.07 Å². The van der Waals surface area contributed by atoms with Crippen LogP contribution in [0, 0.1) is 0 Å². The van der Waals surface area contributed by atoms with E-state index in [0.717, 1.165) is 40.8 Å². The Morgan fingerprint density at radius 1 is 1.29 bits per heavy atom. The molecule has 0 radical (unpaired) electrons. The van der Waals surface area contributed by atoms with Gasteiger partial charge in [-0.25, -0.2) is 4.98 Å². The van der Waals surface area contributed by atoms with Crippen molar-refractivity contribution in [3.05, 3.63) is 24.4 Å². The maximum absolute atomic E-state index is 10.1. The van der Waals surface area contributed by atoms with E-state index in [4.69, 9.17) is 4.42 Å². The van der Waals surface area contributed by atoms with Crippen molar-refractivity contribution < 1.29 is 9.52 Å². The van der Waals surface area contributed by atoms with Gasteiger partial charge in [-0.05, 0) is 19.8 Å². The van der Waals surface area contributed by atoms with Crippen LogP contribution in [0.5, 0.6) is 0 Å². The van der Waals surface area contributed by atoms with Crippen molar-refractivity contribution in [2.45, 2.75) is 51.2 Å². The molecule has 1 saturated carbocycles. The Morgan fingerprint density at radius 2 is 2.10 bits per heavy atom. The lowest BCUT2D eigenvalue weighted by Crippen LogP contribution is -2.16. The summed E-state index contributed by atoms with van der Waals surface area (Å²) in [5.74, 6) is 0.725. The molecule has 1 fully saturated rings. The Balaban J connectivity index is 2.03. The van der Waals surface area contributed by atoms with Crippen LogP contribution in [0.4, 0.5) is 0 Å². The van der Waals surface area contributed by atoms with Gasteiger partial charge < -0.3 is 14.1 Å². The topological polar surface area (TPSA) is 64.1 Å². The third-order valence-corrected chi connectivity index (χ3v) is 4.46. The minimum Gasteiger partial charge on any atom is -0.460 e. The van der Waals surface area contributed by atoms with Crippen LogP contribution < -0.4 is 0 Å². The molecule has 4 rings (SSSR count). The SMILES string of the molecule is CC(O)c1nc2cnc3ccoc3c2n1C1CCCCC1. The Morgan fingerprint density at radius 3 is 2.86 bits per heavy atom. The molecule has 0 bridgehead atoms. The highest BCUT2D eigenvalue weighted by Crippen LogP contribution is 2.36. The highest BCUT2D eigenvalue weighted by molar-refractivity contribution is 5.98. The number of hydrogen-bond acceptors (Lipinski definition) is 4. The van der Waals surface area contributed by atoms with E-state index >= 15 is 0 Å². The molecule has 3 aromatic rings. The van der Waals surface area contributed by atoms with Crippen molar-refractivity contribution in [1.82, 2.24) is 14.5 Å². The number of fused-ring (bicyclic) bond motifs is 3. The fraction of sp³-hybridized carbons (Fsp3) is 0.500. The van der Waals surface area contributed by atoms with Gasteiger partial charge in [0.2, 0.25) is 0 Å². The van der Waals surface area contributed by atoms with Gasteiger partial charge >= 0.3 is 0 Å². The molecule has 0 spiro atoms. The average Bonchev–Trinajstić information content (AvgIpc) is 3.11. The van der Waals surface area contributed by atoms with Crippen LogP contribution in [0.2, 0.25) is 0 Å². The molecule has 3 aromatic heterocycles. The third-order valence-electron chi connectivity index (χ3n) is 4.46. The molecule has 21 heavy (non-hydrogen) atoms. The highest BCUT2D eigenvalue weighted by atomic mass is 16.3. The molecule has 0 aromatic carbocycles. The predicted octanol–water partition coefficient (Wildman–Crippen LogP) is 3.74. The molecule has 1 atom stereocenters. The van der Waals surface area contributed by atoms with Crippen LogP contribution in [0.15, 0.2) is 22.9 Å². The number of hydrogen-bond donors (Lipinski definition) is 1. The van der Waals surface area contributed by atoms with Crippen LogP contribution in [-0.4, -0.2) is 19.6 Å². The van der Waals surface area contributed by atoms with E-state index in [-0.39, 0.29) is 0 Å². The van der Waals surface area contributed by atoms with Crippen LogP contribution in [0.25, 0.3) is 22.1 Å². The number of imidazole rings is 1. The van der Waals surface area contributed by atoms with E-state index in [1.54, 1.807) is 19.4 Å². The minimum absolute atomic E-state index is 0.393. The first kappa shape index (κ1) is 12.8. The Labute approximate surface area is 122 Å². The molecule has 3 heterocycles. The van der Waals surface area contributed by atoms with Gasteiger partial charge in [0.15, 0.2) is 5.58 Å². The standard InChI is InChI=1S/C16H19N3O2/c1-10(20)16-18-13-9-17-12-7-8-21-15(12)14(13)19(16)11-5-3-2-4-6-11/h7-11,20H,2-6H2,1H3. The number of furan rings is 1. The molecule has 110 valence electrons. The lowest BCUT2D eigenvalue weighted by Gasteiger charge is -2.26. The number of rotatable bonds is 2. The molecule has 1 unspecified atom stereocenters. The maximum Gasteiger partial charge on any atom is 0.178 e. The average molecular weight is 285 g/mol. The third kappa shape index (κ3) is 1.95. The summed E-state index contributed by atoms with van der Waals surface area (Å²) in [5, 5.41) is 10.1. The number of nitrogens with zero attached hydrogens (tertiary/aromatic N) is 3. The smallest absolute Gasteiger partial charge is 0.178 e. The van der Waals surface area contributed by atoms with E-state index < -0.39 is 6.10 Å². The second-order valence-corrected chi connectivity index (χ2v) is 5.93. The molecular formula is C16H19N3O2. The summed E-state index contributed by atoms with van der Waals surface area (Å²) in [4.78, 5) is 8.98. The first-order valence-corrected chi connectivity index (χ1v) is 7.68. The normalized spacial score (nSPS) is 18.6. The molecular weight excluding hydrogens is 266 g/mol. The van der Waals surface area contributed by atoms with Crippen LogP contribution in [-0.2, 0) is 0 Å². The van der Waals surface area contributed by atoms with E-state index in [9.17, 15) is 5.11 Å². The van der Waals surface area contributed by atoms with Crippen LogP contribution in [0.1, 0.15) is 57.0 Å². The fourth-order valence-electron chi connectivity index (χ4n) is 3.50. The number of aliphatic hydroxyl groups excluding tert-OH is 1. The number of aromatic nitrogens is 3. The van der Waals surface area contributed by atoms with E-state index in [0.29, 0.717) is 6.04 Å². The predicted molar refractivity (Wildman–Crippen MR) is 80.1 cm³/mol. The minimum atomic E-state index is -0.593. The van der Waals surface area contributed by atoms with Crippen molar-refractivity contribution in [1.29, 1.82) is 0 Å². The summed E-state index contributed by atoms with van der Waals surface area (Å²) < 4.78 is 7.85. The number of pyridine rings is 1.